The zero-order chi connectivity index (χ0) is 16.1. The van der Waals surface area contributed by atoms with Gasteiger partial charge in [0.1, 0.15) is 5.75 Å². The SMILES string of the molecule is O=C(Cc1ccccc1)NCCN1C(=O)COc2ccccc21. The largest absolute Gasteiger partial charge is 0.482 e. The molecule has 0 unspecified atom stereocenters. The predicted octanol–water partition coefficient (Wildman–Crippen LogP) is 1.77. The summed E-state index contributed by atoms with van der Waals surface area (Å²) in [6.07, 6.45) is 0.342. The van der Waals surface area contributed by atoms with E-state index in [2.05, 4.69) is 5.32 Å². The lowest BCUT2D eigenvalue weighted by Crippen LogP contribution is -2.43. The molecule has 2 aromatic rings. The summed E-state index contributed by atoms with van der Waals surface area (Å²) in [5.74, 6) is 0.550. The maximum absolute atomic E-state index is 12.0. The molecule has 0 spiro atoms. The zero-order valence-corrected chi connectivity index (χ0v) is 12.7. The molecule has 1 heterocycles. The van der Waals surface area contributed by atoms with E-state index in [9.17, 15) is 9.59 Å². The second-order valence-corrected chi connectivity index (χ2v) is 5.31. The normalized spacial score (nSPS) is 13.2. The first kappa shape index (κ1) is 15.1. The maximum Gasteiger partial charge on any atom is 0.265 e. The van der Waals surface area contributed by atoms with Crippen LogP contribution in [0.1, 0.15) is 5.56 Å². The molecule has 0 atom stereocenters. The van der Waals surface area contributed by atoms with Gasteiger partial charge in [0.15, 0.2) is 6.61 Å². The standard InChI is InChI=1S/C18H18N2O3/c21-17(12-14-6-2-1-3-7-14)19-10-11-20-15-8-4-5-9-16(15)23-13-18(20)22/h1-9H,10-13H2,(H,19,21). The van der Waals surface area contributed by atoms with Crippen molar-refractivity contribution in [3.8, 4) is 5.75 Å². The Kier molecular flexibility index (Phi) is 4.57. The molecule has 2 aromatic carbocycles. The summed E-state index contributed by atoms with van der Waals surface area (Å²) < 4.78 is 5.39. The lowest BCUT2D eigenvalue weighted by molar-refractivity contribution is -0.122. The summed E-state index contributed by atoms with van der Waals surface area (Å²) in [7, 11) is 0. The number of nitrogens with zero attached hydrogens (tertiary/aromatic N) is 1. The lowest BCUT2D eigenvalue weighted by atomic mass is 10.1. The van der Waals surface area contributed by atoms with E-state index in [0.717, 1.165) is 11.3 Å². The van der Waals surface area contributed by atoms with Crippen molar-refractivity contribution in [1.29, 1.82) is 0 Å². The number of rotatable bonds is 5. The van der Waals surface area contributed by atoms with Gasteiger partial charge in [0.25, 0.3) is 5.91 Å². The van der Waals surface area contributed by atoms with Gasteiger partial charge in [0, 0.05) is 13.1 Å². The first-order valence-corrected chi connectivity index (χ1v) is 7.57. The average molecular weight is 310 g/mol. The number of carbonyl (C=O) groups excluding carboxylic acids is 2. The Morgan fingerprint density at radius 2 is 1.83 bits per heavy atom. The van der Waals surface area contributed by atoms with Gasteiger partial charge in [-0.3, -0.25) is 9.59 Å². The van der Waals surface area contributed by atoms with Crippen LogP contribution in [0.2, 0.25) is 0 Å². The van der Waals surface area contributed by atoms with Crippen molar-refractivity contribution in [2.24, 2.45) is 0 Å². The van der Waals surface area contributed by atoms with Crippen LogP contribution in [0.25, 0.3) is 0 Å². The molecular weight excluding hydrogens is 292 g/mol. The van der Waals surface area contributed by atoms with Crippen LogP contribution >= 0.6 is 0 Å². The monoisotopic (exact) mass is 310 g/mol. The fourth-order valence-electron chi connectivity index (χ4n) is 2.55. The number of anilines is 1. The Labute approximate surface area is 134 Å². The number of fused-ring (bicyclic) bond motifs is 1. The van der Waals surface area contributed by atoms with E-state index in [1.165, 1.54) is 0 Å². The lowest BCUT2D eigenvalue weighted by Gasteiger charge is -2.29. The van der Waals surface area contributed by atoms with Crippen molar-refractivity contribution in [1.82, 2.24) is 5.32 Å². The third kappa shape index (κ3) is 3.69. The predicted molar refractivity (Wildman–Crippen MR) is 87.4 cm³/mol. The van der Waals surface area contributed by atoms with Crippen LogP contribution in [-0.4, -0.2) is 31.5 Å². The van der Waals surface area contributed by atoms with Gasteiger partial charge in [0.05, 0.1) is 12.1 Å². The number of para-hydroxylation sites is 2. The van der Waals surface area contributed by atoms with Crippen molar-refractivity contribution in [3.63, 3.8) is 0 Å². The van der Waals surface area contributed by atoms with Crippen molar-refractivity contribution in [2.45, 2.75) is 6.42 Å². The van der Waals surface area contributed by atoms with Gasteiger partial charge in [-0.25, -0.2) is 0 Å². The van der Waals surface area contributed by atoms with Gasteiger partial charge in [-0.15, -0.1) is 0 Å². The van der Waals surface area contributed by atoms with Gasteiger partial charge >= 0.3 is 0 Å². The highest BCUT2D eigenvalue weighted by atomic mass is 16.5. The highest BCUT2D eigenvalue weighted by Gasteiger charge is 2.24. The Morgan fingerprint density at radius 1 is 1.09 bits per heavy atom. The number of benzene rings is 2. The maximum atomic E-state index is 12.0. The van der Waals surface area contributed by atoms with Crippen LogP contribution in [0.3, 0.4) is 0 Å². The summed E-state index contributed by atoms with van der Waals surface area (Å²) in [5.41, 5.74) is 1.72. The molecule has 23 heavy (non-hydrogen) atoms. The fourth-order valence-corrected chi connectivity index (χ4v) is 2.55. The highest BCUT2D eigenvalue weighted by Crippen LogP contribution is 2.30. The Hall–Kier alpha value is -2.82. The van der Waals surface area contributed by atoms with Gasteiger partial charge < -0.3 is 15.0 Å². The summed E-state index contributed by atoms with van der Waals surface area (Å²) in [5, 5.41) is 2.86. The van der Waals surface area contributed by atoms with Crippen LogP contribution in [0, 0.1) is 0 Å². The minimum Gasteiger partial charge on any atom is -0.482 e. The Balaban J connectivity index is 1.54. The molecule has 1 N–H and O–H groups in total. The summed E-state index contributed by atoms with van der Waals surface area (Å²) in [6.45, 7) is 0.875. The molecule has 0 aromatic heterocycles. The number of nitrogens with one attached hydrogen (secondary N) is 1. The van der Waals surface area contributed by atoms with Crippen molar-refractivity contribution < 1.29 is 14.3 Å². The molecule has 5 nitrogen and oxygen atoms in total. The Morgan fingerprint density at radius 3 is 2.65 bits per heavy atom. The summed E-state index contributed by atoms with van der Waals surface area (Å²) in [6, 6.07) is 17.0. The molecule has 2 amide bonds. The molecule has 0 bridgehead atoms. The smallest absolute Gasteiger partial charge is 0.265 e. The van der Waals surface area contributed by atoms with Crippen LogP contribution < -0.4 is 15.0 Å². The van der Waals surface area contributed by atoms with Crippen LogP contribution in [0.4, 0.5) is 5.69 Å². The number of amides is 2. The molecule has 0 saturated heterocycles. The van der Waals surface area contributed by atoms with Crippen LogP contribution in [-0.2, 0) is 16.0 Å². The molecular formula is C18H18N2O3. The fraction of sp³-hybridized carbons (Fsp3) is 0.222. The first-order chi connectivity index (χ1) is 11.2. The minimum absolute atomic E-state index is 0.0367. The van der Waals surface area contributed by atoms with E-state index in [0.29, 0.717) is 25.3 Å². The molecule has 0 radical (unpaired) electrons. The van der Waals surface area contributed by atoms with E-state index in [1.807, 2.05) is 54.6 Å². The van der Waals surface area contributed by atoms with E-state index in [1.54, 1.807) is 4.90 Å². The van der Waals surface area contributed by atoms with E-state index in [4.69, 9.17) is 4.74 Å². The van der Waals surface area contributed by atoms with E-state index >= 15 is 0 Å². The molecule has 5 heteroatoms. The minimum atomic E-state index is -0.0963. The summed E-state index contributed by atoms with van der Waals surface area (Å²) in [4.78, 5) is 25.6. The zero-order valence-electron chi connectivity index (χ0n) is 12.7. The van der Waals surface area contributed by atoms with Gasteiger partial charge in [-0.2, -0.15) is 0 Å². The van der Waals surface area contributed by atoms with Crippen molar-refractivity contribution >= 4 is 17.5 Å². The van der Waals surface area contributed by atoms with Crippen LogP contribution in [0.5, 0.6) is 5.75 Å². The number of carbonyl (C=O) groups is 2. The number of ether oxygens (including phenoxy) is 1. The average Bonchev–Trinajstić information content (AvgIpc) is 2.58. The second kappa shape index (κ2) is 6.96. The molecule has 0 aliphatic carbocycles. The van der Waals surface area contributed by atoms with Gasteiger partial charge in [-0.05, 0) is 17.7 Å². The Bertz CT molecular complexity index is 700. The molecule has 118 valence electrons. The second-order valence-electron chi connectivity index (χ2n) is 5.31. The molecule has 0 saturated carbocycles. The number of hydrogen-bond acceptors (Lipinski definition) is 3. The molecule has 3 rings (SSSR count). The topological polar surface area (TPSA) is 58.6 Å². The van der Waals surface area contributed by atoms with Gasteiger partial charge in [-0.1, -0.05) is 42.5 Å². The van der Waals surface area contributed by atoms with Crippen LogP contribution in [0.15, 0.2) is 54.6 Å². The summed E-state index contributed by atoms with van der Waals surface area (Å²) >= 11 is 0. The third-order valence-electron chi connectivity index (χ3n) is 3.67. The molecule has 1 aliphatic heterocycles. The molecule has 1 aliphatic rings. The first-order valence-electron chi connectivity index (χ1n) is 7.57. The third-order valence-corrected chi connectivity index (χ3v) is 3.67. The molecule has 0 fully saturated rings. The highest BCUT2D eigenvalue weighted by molar-refractivity contribution is 5.97. The van der Waals surface area contributed by atoms with Gasteiger partial charge in [0.2, 0.25) is 5.91 Å². The van der Waals surface area contributed by atoms with E-state index < -0.39 is 0 Å². The van der Waals surface area contributed by atoms with Crippen molar-refractivity contribution in [3.05, 3.63) is 60.2 Å². The van der Waals surface area contributed by atoms with Crippen molar-refractivity contribution in [2.75, 3.05) is 24.6 Å². The number of hydrogen-bond donors (Lipinski definition) is 1. The quantitative estimate of drug-likeness (QED) is 0.915. The van der Waals surface area contributed by atoms with E-state index in [-0.39, 0.29) is 18.4 Å².